The number of rotatable bonds is 10. The molecule has 0 aliphatic rings. The number of carbonyl (C=O) groups excluding carboxylic acids is 2. The van der Waals surface area contributed by atoms with Crippen molar-refractivity contribution in [3.05, 3.63) is 83.4 Å². The van der Waals surface area contributed by atoms with Crippen molar-refractivity contribution in [1.82, 2.24) is 5.43 Å². The Morgan fingerprint density at radius 3 is 2.15 bits per heavy atom. The van der Waals surface area contributed by atoms with Crippen molar-refractivity contribution in [1.29, 1.82) is 0 Å². The van der Waals surface area contributed by atoms with Crippen molar-refractivity contribution < 1.29 is 28.5 Å². The molecule has 3 aromatic carbocycles. The number of hydrazone groups is 1. The Labute approximate surface area is 198 Å². The molecule has 0 atom stereocenters. The number of methoxy groups -OCH3 is 2. The Balaban J connectivity index is 1.54. The molecule has 1 amide bonds. The summed E-state index contributed by atoms with van der Waals surface area (Å²) in [5, 5.41) is 3.97. The molecule has 0 fully saturated rings. The molecule has 8 nitrogen and oxygen atoms in total. The molecule has 0 saturated heterocycles. The van der Waals surface area contributed by atoms with Gasteiger partial charge in [0.1, 0.15) is 11.5 Å². The molecule has 8 heteroatoms. The maximum Gasteiger partial charge on any atom is 0.343 e. The molecule has 0 bridgehead atoms. The van der Waals surface area contributed by atoms with Gasteiger partial charge in [-0.25, -0.2) is 10.2 Å². The smallest absolute Gasteiger partial charge is 0.343 e. The van der Waals surface area contributed by atoms with Crippen molar-refractivity contribution in [3.8, 4) is 23.0 Å². The molecule has 1 N–H and O–H groups in total. The van der Waals surface area contributed by atoms with E-state index >= 15 is 0 Å². The Morgan fingerprint density at radius 1 is 0.853 bits per heavy atom. The van der Waals surface area contributed by atoms with Crippen molar-refractivity contribution >= 4 is 18.1 Å². The fraction of sp³-hybridized carbons (Fsp3) is 0.192. The topological polar surface area (TPSA) is 95.5 Å². The number of hydrogen-bond acceptors (Lipinski definition) is 7. The summed E-state index contributed by atoms with van der Waals surface area (Å²) in [7, 11) is 3.02. The van der Waals surface area contributed by atoms with Crippen molar-refractivity contribution in [3.63, 3.8) is 0 Å². The molecular weight excluding hydrogens is 436 g/mol. The van der Waals surface area contributed by atoms with Crippen molar-refractivity contribution in [2.24, 2.45) is 5.10 Å². The van der Waals surface area contributed by atoms with E-state index in [9.17, 15) is 9.59 Å². The molecular formula is C26H26N2O6. The van der Waals surface area contributed by atoms with E-state index < -0.39 is 5.97 Å². The Hall–Kier alpha value is -4.33. The molecule has 0 heterocycles. The molecule has 0 saturated carbocycles. The Kier molecular flexibility index (Phi) is 8.62. The summed E-state index contributed by atoms with van der Waals surface area (Å²) in [5.74, 6) is 1.18. The highest BCUT2D eigenvalue weighted by molar-refractivity contribution is 5.95. The van der Waals surface area contributed by atoms with Gasteiger partial charge in [-0.2, -0.15) is 5.10 Å². The van der Waals surface area contributed by atoms with E-state index in [-0.39, 0.29) is 5.91 Å². The quantitative estimate of drug-likeness (QED) is 0.207. The maximum atomic E-state index is 12.4. The summed E-state index contributed by atoms with van der Waals surface area (Å²) in [5.41, 5.74) is 4.00. The van der Waals surface area contributed by atoms with Crippen molar-refractivity contribution in [2.75, 3.05) is 20.8 Å². The molecule has 0 aliphatic carbocycles. The lowest BCUT2D eigenvalue weighted by Gasteiger charge is -2.09. The maximum absolute atomic E-state index is 12.4. The minimum absolute atomic E-state index is 0.330. The zero-order chi connectivity index (χ0) is 24.3. The number of ether oxygens (including phenoxy) is 4. The highest BCUT2D eigenvalue weighted by Crippen LogP contribution is 2.28. The normalized spacial score (nSPS) is 10.6. The highest BCUT2D eigenvalue weighted by atomic mass is 16.5. The third-order valence-electron chi connectivity index (χ3n) is 4.68. The minimum Gasteiger partial charge on any atom is -0.494 e. The van der Waals surface area contributed by atoms with E-state index in [1.54, 1.807) is 66.7 Å². The van der Waals surface area contributed by atoms with E-state index in [4.69, 9.17) is 18.9 Å². The van der Waals surface area contributed by atoms with Gasteiger partial charge in [-0.05, 0) is 78.7 Å². The summed E-state index contributed by atoms with van der Waals surface area (Å²) >= 11 is 0. The zero-order valence-corrected chi connectivity index (χ0v) is 19.2. The second kappa shape index (κ2) is 12.1. The number of nitrogens with zero attached hydrogens (tertiary/aromatic N) is 1. The van der Waals surface area contributed by atoms with Crippen LogP contribution in [0.4, 0.5) is 0 Å². The van der Waals surface area contributed by atoms with Crippen LogP contribution in [0.5, 0.6) is 23.0 Å². The van der Waals surface area contributed by atoms with Gasteiger partial charge in [0.05, 0.1) is 32.6 Å². The second-order valence-corrected chi connectivity index (χ2v) is 7.10. The lowest BCUT2D eigenvalue weighted by atomic mass is 10.2. The third-order valence-corrected chi connectivity index (χ3v) is 4.68. The van der Waals surface area contributed by atoms with Crippen LogP contribution < -0.4 is 24.4 Å². The summed E-state index contributed by atoms with van der Waals surface area (Å²) in [6.45, 7) is 2.66. The van der Waals surface area contributed by atoms with E-state index in [1.165, 1.54) is 20.4 Å². The molecule has 34 heavy (non-hydrogen) atoms. The van der Waals surface area contributed by atoms with Crippen LogP contribution in [0.2, 0.25) is 0 Å². The van der Waals surface area contributed by atoms with Gasteiger partial charge in [0.2, 0.25) is 0 Å². The molecule has 0 unspecified atom stereocenters. The highest BCUT2D eigenvalue weighted by Gasteiger charge is 2.13. The standard InChI is InChI=1S/C26H26N2O6/c1-4-15-33-21-12-7-19(8-13-21)25(29)28-27-17-18-5-10-22(11-6-18)34-26(30)20-9-14-23(31-2)24(16-20)32-3/h5-14,16-17H,4,15H2,1-3H3,(H,28,29)/b27-17-. The van der Waals surface area contributed by atoms with Gasteiger partial charge in [0.25, 0.3) is 5.91 Å². The van der Waals surface area contributed by atoms with Crippen LogP contribution in [0, 0.1) is 0 Å². The Bertz CT molecular complexity index is 1140. The number of hydrogen-bond donors (Lipinski definition) is 1. The van der Waals surface area contributed by atoms with Crippen LogP contribution >= 0.6 is 0 Å². The fourth-order valence-electron chi connectivity index (χ4n) is 2.90. The van der Waals surface area contributed by atoms with E-state index in [0.29, 0.717) is 40.7 Å². The van der Waals surface area contributed by atoms with Gasteiger partial charge in [0.15, 0.2) is 11.5 Å². The molecule has 0 spiro atoms. The van der Waals surface area contributed by atoms with Gasteiger partial charge in [-0.3, -0.25) is 4.79 Å². The van der Waals surface area contributed by atoms with Crippen LogP contribution in [0.15, 0.2) is 71.8 Å². The van der Waals surface area contributed by atoms with Gasteiger partial charge >= 0.3 is 5.97 Å². The summed E-state index contributed by atoms with van der Waals surface area (Å²) < 4.78 is 21.3. The number of benzene rings is 3. The second-order valence-electron chi connectivity index (χ2n) is 7.10. The first-order chi connectivity index (χ1) is 16.5. The molecule has 0 aliphatic heterocycles. The summed E-state index contributed by atoms with van der Waals surface area (Å²) in [6.07, 6.45) is 2.41. The molecule has 3 rings (SSSR count). The first-order valence-corrected chi connectivity index (χ1v) is 10.6. The van der Waals surface area contributed by atoms with E-state index in [2.05, 4.69) is 10.5 Å². The van der Waals surface area contributed by atoms with E-state index in [1.807, 2.05) is 6.92 Å². The largest absolute Gasteiger partial charge is 0.494 e. The Morgan fingerprint density at radius 2 is 1.50 bits per heavy atom. The number of esters is 1. The molecule has 0 aromatic heterocycles. The van der Waals surface area contributed by atoms with Crippen LogP contribution in [-0.2, 0) is 0 Å². The van der Waals surface area contributed by atoms with Crippen LogP contribution in [0.1, 0.15) is 39.6 Å². The lowest BCUT2D eigenvalue weighted by molar-refractivity contribution is 0.0734. The monoisotopic (exact) mass is 462 g/mol. The number of amides is 1. The third kappa shape index (κ3) is 6.59. The summed E-state index contributed by atoms with van der Waals surface area (Å²) in [6, 6.07) is 18.3. The van der Waals surface area contributed by atoms with Gasteiger partial charge < -0.3 is 18.9 Å². The van der Waals surface area contributed by atoms with Gasteiger partial charge in [-0.1, -0.05) is 6.92 Å². The molecule has 176 valence electrons. The first-order valence-electron chi connectivity index (χ1n) is 10.6. The lowest BCUT2D eigenvalue weighted by Crippen LogP contribution is -2.17. The predicted octanol–water partition coefficient (Wildman–Crippen LogP) is 4.48. The fourth-order valence-corrected chi connectivity index (χ4v) is 2.90. The van der Waals surface area contributed by atoms with Crippen LogP contribution in [0.25, 0.3) is 0 Å². The van der Waals surface area contributed by atoms with Crippen LogP contribution in [0.3, 0.4) is 0 Å². The predicted molar refractivity (Wildman–Crippen MR) is 128 cm³/mol. The number of nitrogens with one attached hydrogen (secondary N) is 1. The summed E-state index contributed by atoms with van der Waals surface area (Å²) in [4.78, 5) is 24.6. The molecule has 3 aromatic rings. The molecule has 0 radical (unpaired) electrons. The van der Waals surface area contributed by atoms with Crippen molar-refractivity contribution in [2.45, 2.75) is 13.3 Å². The SMILES string of the molecule is CCCOc1ccc(C(=O)N/N=C\c2ccc(OC(=O)c3ccc(OC)c(OC)c3)cc2)cc1. The van der Waals surface area contributed by atoms with Gasteiger partial charge in [-0.15, -0.1) is 0 Å². The number of carbonyl (C=O) groups is 2. The van der Waals surface area contributed by atoms with Crippen LogP contribution in [-0.4, -0.2) is 38.9 Å². The average molecular weight is 463 g/mol. The van der Waals surface area contributed by atoms with Gasteiger partial charge in [0, 0.05) is 5.56 Å². The minimum atomic E-state index is -0.527. The zero-order valence-electron chi connectivity index (χ0n) is 19.2. The average Bonchev–Trinajstić information content (AvgIpc) is 2.88. The first kappa shape index (κ1) is 24.3. The van der Waals surface area contributed by atoms with E-state index in [0.717, 1.165) is 12.0 Å².